The molecule has 2 aliphatic heterocycles. The average molecular weight is 414 g/mol. The second-order valence-electron chi connectivity index (χ2n) is 6.31. The Kier molecular flexibility index (Phi) is 4.24. The third kappa shape index (κ3) is 2.88. The number of nitrogens with one attached hydrogen (secondary N) is 1. The first-order valence-corrected chi connectivity index (χ1v) is 9.09. The third-order valence-electron chi connectivity index (χ3n) is 4.72. The monoisotopic (exact) mass is 413 g/mol. The molecule has 0 aliphatic carbocycles. The van der Waals surface area contributed by atoms with Crippen LogP contribution >= 0.6 is 15.9 Å². The second kappa shape index (κ2) is 6.57. The van der Waals surface area contributed by atoms with Gasteiger partial charge in [-0.1, -0.05) is 34.1 Å². The van der Waals surface area contributed by atoms with Crippen LogP contribution in [0.4, 0.5) is 5.69 Å². The van der Waals surface area contributed by atoms with Gasteiger partial charge in [0.05, 0.1) is 17.8 Å². The van der Waals surface area contributed by atoms with Crippen molar-refractivity contribution >= 4 is 39.3 Å². The van der Waals surface area contributed by atoms with Gasteiger partial charge in [0.15, 0.2) is 0 Å². The Labute approximate surface area is 158 Å². The van der Waals surface area contributed by atoms with Gasteiger partial charge in [-0.3, -0.25) is 14.4 Å². The SMILES string of the molecule is O=C1Nc2ccc(Br)cc2C(=O)N2CCN(C(=O)c3ccccc3)CC12. The van der Waals surface area contributed by atoms with Crippen LogP contribution in [-0.2, 0) is 4.79 Å². The Morgan fingerprint density at radius 1 is 1.08 bits per heavy atom. The smallest absolute Gasteiger partial charge is 0.256 e. The minimum atomic E-state index is -0.699. The molecule has 2 aromatic carbocycles. The minimum absolute atomic E-state index is 0.130. The van der Waals surface area contributed by atoms with Gasteiger partial charge in [0.2, 0.25) is 5.91 Å². The molecular formula is C19H16BrN3O3. The molecule has 2 aliphatic rings. The molecule has 1 N–H and O–H groups in total. The largest absolute Gasteiger partial charge is 0.334 e. The number of amides is 3. The number of piperazine rings is 1. The van der Waals surface area contributed by atoms with E-state index in [0.29, 0.717) is 29.9 Å². The van der Waals surface area contributed by atoms with E-state index in [4.69, 9.17) is 0 Å². The number of hydrogen-bond donors (Lipinski definition) is 1. The molecule has 1 atom stereocenters. The molecule has 2 heterocycles. The van der Waals surface area contributed by atoms with E-state index < -0.39 is 6.04 Å². The summed E-state index contributed by atoms with van der Waals surface area (Å²) in [7, 11) is 0. The molecule has 6 nitrogen and oxygen atoms in total. The number of carbonyl (C=O) groups is 3. The van der Waals surface area contributed by atoms with Crippen molar-refractivity contribution in [3.63, 3.8) is 0 Å². The zero-order chi connectivity index (χ0) is 18.3. The summed E-state index contributed by atoms with van der Waals surface area (Å²) >= 11 is 3.36. The van der Waals surface area contributed by atoms with Gasteiger partial charge in [-0.2, -0.15) is 0 Å². The van der Waals surface area contributed by atoms with E-state index in [2.05, 4.69) is 21.2 Å². The molecule has 1 fully saturated rings. The molecular weight excluding hydrogens is 398 g/mol. The second-order valence-corrected chi connectivity index (χ2v) is 7.23. The summed E-state index contributed by atoms with van der Waals surface area (Å²) < 4.78 is 0.773. The minimum Gasteiger partial charge on any atom is -0.334 e. The van der Waals surface area contributed by atoms with Crippen molar-refractivity contribution in [3.05, 3.63) is 64.1 Å². The summed E-state index contributed by atoms with van der Waals surface area (Å²) in [6, 6.07) is 13.5. The van der Waals surface area contributed by atoms with Crippen molar-refractivity contribution in [2.75, 3.05) is 25.0 Å². The molecule has 0 bridgehead atoms. The summed E-state index contributed by atoms with van der Waals surface area (Å²) in [6.07, 6.45) is 0. The zero-order valence-electron chi connectivity index (χ0n) is 13.8. The van der Waals surface area contributed by atoms with Crippen molar-refractivity contribution < 1.29 is 14.4 Å². The van der Waals surface area contributed by atoms with Gasteiger partial charge in [0.25, 0.3) is 11.8 Å². The highest BCUT2D eigenvalue weighted by Gasteiger charge is 2.40. The van der Waals surface area contributed by atoms with Crippen LogP contribution in [0.3, 0.4) is 0 Å². The fourth-order valence-corrected chi connectivity index (χ4v) is 3.73. The summed E-state index contributed by atoms with van der Waals surface area (Å²) in [5.74, 6) is -0.601. The zero-order valence-corrected chi connectivity index (χ0v) is 15.4. The molecule has 0 radical (unpaired) electrons. The van der Waals surface area contributed by atoms with E-state index in [-0.39, 0.29) is 24.3 Å². The van der Waals surface area contributed by atoms with Gasteiger partial charge in [0, 0.05) is 23.1 Å². The topological polar surface area (TPSA) is 69.7 Å². The molecule has 7 heteroatoms. The van der Waals surface area contributed by atoms with Gasteiger partial charge in [-0.05, 0) is 30.3 Å². The Hall–Kier alpha value is -2.67. The lowest BCUT2D eigenvalue weighted by Gasteiger charge is -2.39. The number of hydrogen-bond acceptors (Lipinski definition) is 3. The van der Waals surface area contributed by atoms with E-state index in [0.717, 1.165) is 4.47 Å². The molecule has 3 amide bonds. The van der Waals surface area contributed by atoms with E-state index in [1.54, 1.807) is 52.3 Å². The van der Waals surface area contributed by atoms with E-state index in [9.17, 15) is 14.4 Å². The molecule has 1 saturated heterocycles. The van der Waals surface area contributed by atoms with Gasteiger partial charge in [-0.15, -0.1) is 0 Å². The fourth-order valence-electron chi connectivity index (χ4n) is 3.37. The molecule has 26 heavy (non-hydrogen) atoms. The first-order valence-electron chi connectivity index (χ1n) is 8.30. The van der Waals surface area contributed by atoms with E-state index >= 15 is 0 Å². The lowest BCUT2D eigenvalue weighted by molar-refractivity contribution is -0.121. The average Bonchev–Trinajstić information content (AvgIpc) is 2.77. The van der Waals surface area contributed by atoms with E-state index in [1.807, 2.05) is 6.07 Å². The first-order chi connectivity index (χ1) is 12.5. The van der Waals surface area contributed by atoms with Crippen molar-refractivity contribution in [1.29, 1.82) is 0 Å². The molecule has 0 aromatic heterocycles. The highest BCUT2D eigenvalue weighted by Crippen LogP contribution is 2.28. The predicted octanol–water partition coefficient (Wildman–Crippen LogP) is 2.37. The van der Waals surface area contributed by atoms with Crippen LogP contribution in [0.1, 0.15) is 20.7 Å². The van der Waals surface area contributed by atoms with Crippen LogP contribution in [0.25, 0.3) is 0 Å². The highest BCUT2D eigenvalue weighted by atomic mass is 79.9. The van der Waals surface area contributed by atoms with Crippen LogP contribution in [0.5, 0.6) is 0 Å². The van der Waals surface area contributed by atoms with Gasteiger partial charge >= 0.3 is 0 Å². The van der Waals surface area contributed by atoms with Gasteiger partial charge in [-0.25, -0.2) is 0 Å². The Bertz CT molecular complexity index is 900. The van der Waals surface area contributed by atoms with Gasteiger partial charge < -0.3 is 15.1 Å². The predicted molar refractivity (Wildman–Crippen MR) is 99.9 cm³/mol. The van der Waals surface area contributed by atoms with Crippen LogP contribution in [0.2, 0.25) is 0 Å². The van der Waals surface area contributed by atoms with Gasteiger partial charge in [0.1, 0.15) is 6.04 Å². The quantitative estimate of drug-likeness (QED) is 0.779. The summed E-state index contributed by atoms with van der Waals surface area (Å²) in [6.45, 7) is 0.897. The van der Waals surface area contributed by atoms with Crippen LogP contribution in [0.15, 0.2) is 53.0 Å². The standard InChI is InChI=1S/C19H16BrN3O3/c20-13-6-7-15-14(10-13)19(26)23-9-8-22(11-16(23)17(24)21-15)18(25)12-4-2-1-3-5-12/h1-7,10,16H,8-9,11H2,(H,21,24). The van der Waals surface area contributed by atoms with Crippen LogP contribution < -0.4 is 5.32 Å². The number of nitrogens with zero attached hydrogens (tertiary/aromatic N) is 2. The van der Waals surface area contributed by atoms with Crippen molar-refractivity contribution in [1.82, 2.24) is 9.80 Å². The number of halogens is 1. The molecule has 0 saturated carbocycles. The fraction of sp³-hybridized carbons (Fsp3) is 0.211. The maximum atomic E-state index is 12.9. The normalized spacial score (nSPS) is 19.3. The summed E-state index contributed by atoms with van der Waals surface area (Å²) in [4.78, 5) is 41.5. The van der Waals surface area contributed by atoms with Crippen molar-refractivity contribution in [2.45, 2.75) is 6.04 Å². The first kappa shape index (κ1) is 16.8. The molecule has 2 aromatic rings. The summed E-state index contributed by atoms with van der Waals surface area (Å²) in [5, 5.41) is 2.82. The number of rotatable bonds is 1. The maximum absolute atomic E-state index is 12.9. The Morgan fingerprint density at radius 3 is 2.62 bits per heavy atom. The van der Waals surface area contributed by atoms with Crippen LogP contribution in [-0.4, -0.2) is 53.2 Å². The maximum Gasteiger partial charge on any atom is 0.256 e. The molecule has 4 rings (SSSR count). The third-order valence-corrected chi connectivity index (χ3v) is 5.21. The van der Waals surface area contributed by atoms with Crippen LogP contribution in [0, 0.1) is 0 Å². The van der Waals surface area contributed by atoms with Crippen molar-refractivity contribution in [2.24, 2.45) is 0 Å². The summed E-state index contributed by atoms with van der Waals surface area (Å²) in [5.41, 5.74) is 1.53. The number of anilines is 1. The number of carbonyl (C=O) groups excluding carboxylic acids is 3. The van der Waals surface area contributed by atoms with Crippen molar-refractivity contribution in [3.8, 4) is 0 Å². The molecule has 0 spiro atoms. The number of fused-ring (bicyclic) bond motifs is 2. The lowest BCUT2D eigenvalue weighted by Crippen LogP contribution is -2.59. The Balaban J connectivity index is 1.61. The highest BCUT2D eigenvalue weighted by molar-refractivity contribution is 9.10. The Morgan fingerprint density at radius 2 is 1.85 bits per heavy atom. The number of benzene rings is 2. The molecule has 132 valence electrons. The molecule has 1 unspecified atom stereocenters. The van der Waals surface area contributed by atoms with E-state index in [1.165, 1.54) is 0 Å². The lowest BCUT2D eigenvalue weighted by atomic mass is 10.1.